The Kier molecular flexibility index (Phi) is 4.55. The Hall–Kier alpha value is -1.59. The van der Waals surface area contributed by atoms with Crippen LogP contribution in [0, 0.1) is 5.92 Å². The molecule has 0 bridgehead atoms. The minimum atomic E-state index is 0.390. The zero-order valence-electron chi connectivity index (χ0n) is 11.1. The monoisotopic (exact) mass is 251 g/mol. The summed E-state index contributed by atoms with van der Waals surface area (Å²) in [6.45, 7) is 6.39. The van der Waals surface area contributed by atoms with Gasteiger partial charge in [0.25, 0.3) is 0 Å². The molecule has 2 N–H and O–H groups in total. The maximum Gasteiger partial charge on any atom is 0.323 e. The normalized spacial score (nSPS) is 14.3. The van der Waals surface area contributed by atoms with Crippen molar-refractivity contribution in [3.05, 3.63) is 0 Å². The summed E-state index contributed by atoms with van der Waals surface area (Å²) >= 11 is 0. The molecule has 0 spiro atoms. The van der Waals surface area contributed by atoms with E-state index in [0.717, 1.165) is 25.4 Å². The first-order valence-corrected chi connectivity index (χ1v) is 6.68. The molecule has 0 saturated heterocycles. The van der Waals surface area contributed by atoms with Crippen molar-refractivity contribution < 1.29 is 4.74 Å². The van der Waals surface area contributed by atoms with Gasteiger partial charge in [-0.25, -0.2) is 0 Å². The van der Waals surface area contributed by atoms with Crippen LogP contribution >= 0.6 is 0 Å². The van der Waals surface area contributed by atoms with Crippen molar-refractivity contribution in [1.29, 1.82) is 0 Å². The molecule has 1 aromatic heterocycles. The van der Waals surface area contributed by atoms with E-state index in [-0.39, 0.29) is 0 Å². The first-order chi connectivity index (χ1) is 8.81. The second kappa shape index (κ2) is 6.37. The summed E-state index contributed by atoms with van der Waals surface area (Å²) in [7, 11) is 0. The van der Waals surface area contributed by atoms with Crippen LogP contribution in [0.15, 0.2) is 0 Å². The van der Waals surface area contributed by atoms with E-state index in [1.165, 1.54) is 12.8 Å². The van der Waals surface area contributed by atoms with E-state index in [4.69, 9.17) is 4.74 Å². The Morgan fingerprint density at radius 2 is 1.83 bits per heavy atom. The molecule has 1 heterocycles. The highest BCUT2D eigenvalue weighted by Gasteiger charge is 2.21. The Balaban J connectivity index is 2.01. The van der Waals surface area contributed by atoms with E-state index in [1.807, 2.05) is 6.92 Å². The third kappa shape index (κ3) is 4.01. The van der Waals surface area contributed by atoms with Crippen LogP contribution in [0.3, 0.4) is 0 Å². The van der Waals surface area contributed by atoms with Gasteiger partial charge in [-0.3, -0.25) is 0 Å². The van der Waals surface area contributed by atoms with Crippen molar-refractivity contribution >= 4 is 11.9 Å². The Morgan fingerprint density at radius 3 is 2.44 bits per heavy atom. The molecule has 0 aliphatic heterocycles. The first kappa shape index (κ1) is 12.9. The van der Waals surface area contributed by atoms with Gasteiger partial charge in [-0.15, -0.1) is 0 Å². The third-order valence-electron chi connectivity index (χ3n) is 2.63. The van der Waals surface area contributed by atoms with E-state index in [0.29, 0.717) is 24.5 Å². The maximum absolute atomic E-state index is 5.46. The Bertz CT molecular complexity index is 381. The molecule has 6 heteroatoms. The van der Waals surface area contributed by atoms with Crippen molar-refractivity contribution in [3.63, 3.8) is 0 Å². The van der Waals surface area contributed by atoms with Crippen LogP contribution in [0.2, 0.25) is 0 Å². The molecule has 0 unspecified atom stereocenters. The quantitative estimate of drug-likeness (QED) is 0.735. The lowest BCUT2D eigenvalue weighted by Gasteiger charge is -2.09. The third-order valence-corrected chi connectivity index (χ3v) is 2.63. The van der Waals surface area contributed by atoms with Gasteiger partial charge in [-0.05, 0) is 32.1 Å². The van der Waals surface area contributed by atoms with E-state index >= 15 is 0 Å². The van der Waals surface area contributed by atoms with Crippen LogP contribution in [0.25, 0.3) is 0 Å². The molecule has 1 aliphatic rings. The summed E-state index contributed by atoms with van der Waals surface area (Å²) in [5, 5.41) is 6.33. The van der Waals surface area contributed by atoms with Gasteiger partial charge in [-0.1, -0.05) is 6.92 Å². The summed E-state index contributed by atoms with van der Waals surface area (Å²) in [5.41, 5.74) is 0. The Morgan fingerprint density at radius 1 is 1.11 bits per heavy atom. The standard InChI is InChI=1S/C12H21N5O/c1-3-7-18-12-16-10(13-4-2)15-11(17-12)14-8-9-5-6-9/h9H,3-8H2,1-2H3,(H2,13,14,15,16,17). The lowest BCUT2D eigenvalue weighted by molar-refractivity contribution is 0.292. The predicted octanol–water partition coefficient (Wildman–Crippen LogP) is 1.91. The number of nitrogens with one attached hydrogen (secondary N) is 2. The van der Waals surface area contributed by atoms with Crippen LogP contribution < -0.4 is 15.4 Å². The number of anilines is 2. The molecule has 0 amide bonds. The molecule has 1 saturated carbocycles. The van der Waals surface area contributed by atoms with Crippen LogP contribution in [0.5, 0.6) is 6.01 Å². The molecule has 1 fully saturated rings. The van der Waals surface area contributed by atoms with Crippen molar-refractivity contribution in [2.24, 2.45) is 5.92 Å². The summed E-state index contributed by atoms with van der Waals surface area (Å²) in [4.78, 5) is 12.8. The van der Waals surface area contributed by atoms with Gasteiger partial charge in [0, 0.05) is 13.1 Å². The smallest absolute Gasteiger partial charge is 0.323 e. The van der Waals surface area contributed by atoms with Gasteiger partial charge in [0.1, 0.15) is 0 Å². The fraction of sp³-hybridized carbons (Fsp3) is 0.750. The minimum Gasteiger partial charge on any atom is -0.463 e. The summed E-state index contributed by atoms with van der Waals surface area (Å²) in [6.07, 6.45) is 3.54. The largest absolute Gasteiger partial charge is 0.463 e. The minimum absolute atomic E-state index is 0.390. The van der Waals surface area contributed by atoms with Gasteiger partial charge in [0.2, 0.25) is 11.9 Å². The molecule has 0 aromatic carbocycles. The van der Waals surface area contributed by atoms with Crippen molar-refractivity contribution in [2.75, 3.05) is 30.3 Å². The van der Waals surface area contributed by atoms with Crippen LogP contribution in [-0.2, 0) is 0 Å². The molecule has 1 aromatic rings. The van der Waals surface area contributed by atoms with E-state index in [9.17, 15) is 0 Å². The predicted molar refractivity (Wildman–Crippen MR) is 71.0 cm³/mol. The average Bonchev–Trinajstić information content (AvgIpc) is 3.18. The van der Waals surface area contributed by atoms with Gasteiger partial charge in [0.05, 0.1) is 6.61 Å². The van der Waals surface area contributed by atoms with Gasteiger partial charge >= 0.3 is 6.01 Å². The maximum atomic E-state index is 5.46. The molecule has 2 rings (SSSR count). The number of hydrogen-bond acceptors (Lipinski definition) is 6. The average molecular weight is 251 g/mol. The van der Waals surface area contributed by atoms with Gasteiger partial charge in [-0.2, -0.15) is 15.0 Å². The number of nitrogens with zero attached hydrogens (tertiary/aromatic N) is 3. The fourth-order valence-electron chi connectivity index (χ4n) is 1.49. The molecule has 0 atom stereocenters. The summed E-state index contributed by atoms with van der Waals surface area (Å²) in [6, 6.07) is 0.390. The SMILES string of the molecule is CCCOc1nc(NCC)nc(NCC2CC2)n1. The van der Waals surface area contributed by atoms with Crippen LogP contribution in [0.4, 0.5) is 11.9 Å². The molecular formula is C12H21N5O. The highest BCUT2D eigenvalue weighted by molar-refractivity contribution is 5.35. The fourth-order valence-corrected chi connectivity index (χ4v) is 1.49. The zero-order chi connectivity index (χ0) is 12.8. The highest BCUT2D eigenvalue weighted by atomic mass is 16.5. The summed E-state index contributed by atoms with van der Waals surface area (Å²) in [5.74, 6) is 1.94. The van der Waals surface area contributed by atoms with Gasteiger partial charge < -0.3 is 15.4 Å². The summed E-state index contributed by atoms with van der Waals surface area (Å²) < 4.78 is 5.46. The highest BCUT2D eigenvalue weighted by Crippen LogP contribution is 2.28. The van der Waals surface area contributed by atoms with E-state index in [2.05, 4.69) is 32.5 Å². The van der Waals surface area contributed by atoms with Crippen molar-refractivity contribution in [1.82, 2.24) is 15.0 Å². The van der Waals surface area contributed by atoms with Crippen molar-refractivity contribution in [3.8, 4) is 6.01 Å². The lowest BCUT2D eigenvalue weighted by atomic mass is 10.4. The molecular weight excluding hydrogens is 230 g/mol. The molecule has 100 valence electrons. The van der Waals surface area contributed by atoms with Crippen molar-refractivity contribution in [2.45, 2.75) is 33.1 Å². The Labute approximate surface area is 108 Å². The van der Waals surface area contributed by atoms with E-state index < -0.39 is 0 Å². The second-order valence-electron chi connectivity index (χ2n) is 4.47. The number of ether oxygens (including phenoxy) is 1. The number of hydrogen-bond donors (Lipinski definition) is 2. The molecule has 1 aliphatic carbocycles. The van der Waals surface area contributed by atoms with E-state index in [1.54, 1.807) is 0 Å². The number of aromatic nitrogens is 3. The molecule has 0 radical (unpaired) electrons. The lowest BCUT2D eigenvalue weighted by Crippen LogP contribution is -2.12. The molecule has 18 heavy (non-hydrogen) atoms. The molecule has 6 nitrogen and oxygen atoms in total. The van der Waals surface area contributed by atoms with Crippen LogP contribution in [0.1, 0.15) is 33.1 Å². The van der Waals surface area contributed by atoms with Gasteiger partial charge in [0.15, 0.2) is 0 Å². The topological polar surface area (TPSA) is 72.0 Å². The van der Waals surface area contributed by atoms with Crippen LogP contribution in [-0.4, -0.2) is 34.6 Å². The first-order valence-electron chi connectivity index (χ1n) is 6.68. The zero-order valence-corrected chi connectivity index (χ0v) is 11.1. The second-order valence-corrected chi connectivity index (χ2v) is 4.47. The number of rotatable bonds is 8.